The number of carbonyl (C=O) groups excluding carboxylic acids is 2. The van der Waals surface area contributed by atoms with Crippen LogP contribution < -0.4 is 4.31 Å². The van der Waals surface area contributed by atoms with Gasteiger partial charge in [-0.25, -0.2) is 13.2 Å². The number of rotatable bonds is 8. The second-order valence-electron chi connectivity index (χ2n) is 8.77. The van der Waals surface area contributed by atoms with Crippen LogP contribution in [0.4, 0.5) is 5.69 Å². The molecule has 0 aliphatic carbocycles. The Kier molecular flexibility index (Phi) is 7.12. The zero-order chi connectivity index (χ0) is 25.2. The molecule has 4 rings (SSSR count). The van der Waals surface area contributed by atoms with Crippen molar-refractivity contribution in [3.05, 3.63) is 82.7 Å². The molecule has 0 saturated carbocycles. The van der Waals surface area contributed by atoms with Crippen molar-refractivity contribution in [3.8, 4) is 0 Å². The molecule has 2 aromatic carbocycles. The molecule has 7 nitrogen and oxygen atoms in total. The number of ketones is 1. The lowest BCUT2D eigenvalue weighted by Gasteiger charge is -2.30. The molecule has 0 N–H and O–H groups in total. The maximum Gasteiger partial charge on any atom is 0.338 e. The van der Waals surface area contributed by atoms with Gasteiger partial charge in [0.05, 0.1) is 16.1 Å². The third kappa shape index (κ3) is 4.89. The monoisotopic (exact) mass is 494 g/mol. The molecule has 1 aromatic heterocycles. The predicted octanol–water partition coefficient (Wildman–Crippen LogP) is 4.70. The molecule has 0 fully saturated rings. The number of anilines is 1. The van der Waals surface area contributed by atoms with Crippen LogP contribution >= 0.6 is 0 Å². The number of fused-ring (bicyclic) bond motifs is 1. The van der Waals surface area contributed by atoms with Crippen LogP contribution in [0.25, 0.3) is 0 Å². The van der Waals surface area contributed by atoms with Crippen molar-refractivity contribution in [3.63, 3.8) is 0 Å². The minimum absolute atomic E-state index is 0.102. The largest absolute Gasteiger partial charge is 0.454 e. The van der Waals surface area contributed by atoms with Crippen molar-refractivity contribution in [1.29, 1.82) is 0 Å². The molecule has 0 radical (unpaired) electrons. The number of para-hydroxylation sites is 1. The van der Waals surface area contributed by atoms with Gasteiger partial charge in [0.1, 0.15) is 0 Å². The Balaban J connectivity index is 1.44. The quantitative estimate of drug-likeness (QED) is 0.335. The number of esters is 1. The van der Waals surface area contributed by atoms with Crippen molar-refractivity contribution in [2.24, 2.45) is 0 Å². The van der Waals surface area contributed by atoms with Gasteiger partial charge in [0.25, 0.3) is 10.0 Å². The first-order valence-electron chi connectivity index (χ1n) is 11.8. The predicted molar refractivity (Wildman–Crippen MR) is 135 cm³/mol. The summed E-state index contributed by atoms with van der Waals surface area (Å²) < 4.78 is 35.3. The molecule has 0 amide bonds. The number of benzene rings is 2. The maximum atomic E-state index is 13.3. The molecular weight excluding hydrogens is 464 g/mol. The van der Waals surface area contributed by atoms with E-state index in [2.05, 4.69) is 11.5 Å². The number of hydrogen-bond acceptors (Lipinski definition) is 5. The lowest BCUT2D eigenvalue weighted by Crippen LogP contribution is -2.35. The Morgan fingerprint density at radius 2 is 1.74 bits per heavy atom. The Morgan fingerprint density at radius 1 is 1.03 bits per heavy atom. The van der Waals surface area contributed by atoms with E-state index < -0.39 is 16.0 Å². The lowest BCUT2D eigenvalue weighted by molar-refractivity contribution is 0.0474. The Morgan fingerprint density at radius 3 is 2.46 bits per heavy atom. The van der Waals surface area contributed by atoms with Crippen molar-refractivity contribution < 1.29 is 22.7 Å². The van der Waals surface area contributed by atoms with Gasteiger partial charge in [0.15, 0.2) is 6.61 Å². The van der Waals surface area contributed by atoms with Gasteiger partial charge in [-0.3, -0.25) is 9.10 Å². The van der Waals surface area contributed by atoms with Crippen LogP contribution in [0.2, 0.25) is 0 Å². The second-order valence-corrected chi connectivity index (χ2v) is 10.6. The van der Waals surface area contributed by atoms with Crippen LogP contribution in [0.15, 0.2) is 59.5 Å². The molecule has 0 atom stereocenters. The number of nitrogens with zero attached hydrogens (tertiary/aromatic N) is 2. The van der Waals surface area contributed by atoms with Gasteiger partial charge in [0.2, 0.25) is 5.78 Å². The fourth-order valence-corrected chi connectivity index (χ4v) is 6.12. The van der Waals surface area contributed by atoms with Gasteiger partial charge in [-0.1, -0.05) is 25.1 Å². The highest BCUT2D eigenvalue weighted by molar-refractivity contribution is 7.92. The zero-order valence-corrected chi connectivity index (χ0v) is 21.1. The van der Waals surface area contributed by atoms with Gasteiger partial charge < -0.3 is 9.30 Å². The molecule has 0 bridgehead atoms. The fraction of sp³-hybridized carbons (Fsp3) is 0.333. The molecule has 0 saturated heterocycles. The van der Waals surface area contributed by atoms with Crippen molar-refractivity contribution in [1.82, 2.24) is 4.57 Å². The molecule has 2 heterocycles. The SMILES string of the molecule is CCCn1c(C)cc(C(=O)COC(=O)c2ccc(S(=O)(=O)N3CCCc4ccccc43)cc2)c1C. The summed E-state index contributed by atoms with van der Waals surface area (Å²) in [5.41, 5.74) is 4.28. The molecule has 3 aromatic rings. The standard InChI is InChI=1S/C27H30N2O5S/c1-4-15-28-19(2)17-24(20(28)3)26(30)18-34-27(31)22-11-13-23(14-12-22)35(32,33)29-16-7-9-21-8-5-6-10-25(21)29/h5-6,8,10-14,17H,4,7,9,15-16,18H2,1-3H3. The van der Waals surface area contributed by atoms with Gasteiger partial charge in [0, 0.05) is 30.0 Å². The molecule has 8 heteroatoms. The molecule has 0 spiro atoms. The first kappa shape index (κ1) is 24.7. The summed E-state index contributed by atoms with van der Waals surface area (Å²) in [6.07, 6.45) is 2.54. The van der Waals surface area contributed by atoms with Crippen LogP contribution in [-0.2, 0) is 27.7 Å². The van der Waals surface area contributed by atoms with E-state index in [4.69, 9.17) is 4.74 Å². The van der Waals surface area contributed by atoms with E-state index in [1.165, 1.54) is 28.6 Å². The van der Waals surface area contributed by atoms with Crippen molar-refractivity contribution in [2.45, 2.75) is 51.5 Å². The van der Waals surface area contributed by atoms with Crippen LogP contribution in [0.3, 0.4) is 0 Å². The Labute approximate surface area is 206 Å². The van der Waals surface area contributed by atoms with Crippen LogP contribution in [0.5, 0.6) is 0 Å². The number of sulfonamides is 1. The summed E-state index contributed by atoms with van der Waals surface area (Å²) in [6, 6.07) is 15.0. The van der Waals surface area contributed by atoms with E-state index in [9.17, 15) is 18.0 Å². The summed E-state index contributed by atoms with van der Waals surface area (Å²) in [4.78, 5) is 25.3. The summed E-state index contributed by atoms with van der Waals surface area (Å²) in [6.45, 7) is 6.76. The van der Waals surface area contributed by atoms with Crippen molar-refractivity contribution in [2.75, 3.05) is 17.5 Å². The number of aryl methyl sites for hydroxylation is 2. The van der Waals surface area contributed by atoms with Gasteiger partial charge in [-0.2, -0.15) is 0 Å². The number of aromatic nitrogens is 1. The summed E-state index contributed by atoms with van der Waals surface area (Å²) in [5.74, 6) is -0.940. The van der Waals surface area contributed by atoms with Crippen LogP contribution in [0, 0.1) is 13.8 Å². The van der Waals surface area contributed by atoms with Crippen LogP contribution in [-0.4, -0.2) is 37.9 Å². The third-order valence-electron chi connectivity index (χ3n) is 6.40. The van der Waals surface area contributed by atoms with E-state index in [1.807, 2.05) is 44.2 Å². The molecule has 184 valence electrons. The number of carbonyl (C=O) groups is 2. The molecule has 35 heavy (non-hydrogen) atoms. The van der Waals surface area contributed by atoms with Gasteiger partial charge in [-0.15, -0.1) is 0 Å². The fourth-order valence-electron chi connectivity index (χ4n) is 4.58. The summed E-state index contributed by atoms with van der Waals surface area (Å²) >= 11 is 0. The lowest BCUT2D eigenvalue weighted by atomic mass is 10.0. The molecule has 1 aliphatic rings. The Hall–Kier alpha value is -3.39. The van der Waals surface area contributed by atoms with E-state index in [-0.39, 0.29) is 22.8 Å². The highest BCUT2D eigenvalue weighted by Gasteiger charge is 2.29. The smallest absolute Gasteiger partial charge is 0.338 e. The van der Waals surface area contributed by atoms with Gasteiger partial charge >= 0.3 is 5.97 Å². The molecule has 1 aliphatic heterocycles. The van der Waals surface area contributed by atoms with E-state index in [1.54, 1.807) is 0 Å². The average molecular weight is 495 g/mol. The second kappa shape index (κ2) is 10.1. The van der Waals surface area contributed by atoms with E-state index in [0.717, 1.165) is 42.8 Å². The number of Topliss-reactive ketones (excluding diaryl/α,β-unsaturated/α-hetero) is 1. The highest BCUT2D eigenvalue weighted by Crippen LogP contribution is 2.31. The number of ether oxygens (including phenoxy) is 1. The molecule has 0 unspecified atom stereocenters. The normalized spacial score (nSPS) is 13.4. The summed E-state index contributed by atoms with van der Waals surface area (Å²) in [5, 5.41) is 0. The zero-order valence-electron chi connectivity index (χ0n) is 20.3. The first-order valence-corrected chi connectivity index (χ1v) is 13.3. The highest BCUT2D eigenvalue weighted by atomic mass is 32.2. The van der Waals surface area contributed by atoms with Gasteiger partial charge in [-0.05, 0) is 75.1 Å². The summed E-state index contributed by atoms with van der Waals surface area (Å²) in [7, 11) is -3.77. The average Bonchev–Trinajstić information content (AvgIpc) is 3.15. The topological polar surface area (TPSA) is 85.7 Å². The minimum atomic E-state index is -3.77. The minimum Gasteiger partial charge on any atom is -0.454 e. The third-order valence-corrected chi connectivity index (χ3v) is 8.23. The first-order chi connectivity index (χ1) is 16.7. The van der Waals surface area contributed by atoms with E-state index in [0.29, 0.717) is 17.8 Å². The van der Waals surface area contributed by atoms with Crippen molar-refractivity contribution >= 4 is 27.5 Å². The maximum absolute atomic E-state index is 13.3. The number of hydrogen-bond donors (Lipinski definition) is 0. The Bertz CT molecular complexity index is 1360. The van der Waals surface area contributed by atoms with Crippen LogP contribution in [0.1, 0.15) is 57.4 Å². The molecular formula is C27H30N2O5S. The van der Waals surface area contributed by atoms with E-state index >= 15 is 0 Å².